The number of carbonyl (C=O) groups is 1. The van der Waals surface area contributed by atoms with E-state index < -0.39 is 5.97 Å². The number of aryl methyl sites for hydroxylation is 2. The third-order valence-electron chi connectivity index (χ3n) is 2.59. The highest BCUT2D eigenvalue weighted by molar-refractivity contribution is 7.99. The van der Waals surface area contributed by atoms with Gasteiger partial charge in [-0.25, -0.2) is 9.97 Å². The fraction of sp³-hybridized carbons (Fsp3) is 0.417. The molecule has 8 heteroatoms. The van der Waals surface area contributed by atoms with E-state index in [1.807, 2.05) is 24.5 Å². The summed E-state index contributed by atoms with van der Waals surface area (Å²) in [6.45, 7) is 4.33. The molecule has 0 aromatic carbocycles. The zero-order valence-corrected chi connectivity index (χ0v) is 12.1. The van der Waals surface area contributed by atoms with E-state index in [0.29, 0.717) is 17.5 Å². The molecule has 2 aromatic heterocycles. The number of carboxylic acids is 1. The van der Waals surface area contributed by atoms with Gasteiger partial charge >= 0.3 is 5.97 Å². The van der Waals surface area contributed by atoms with Gasteiger partial charge < -0.3 is 5.11 Å². The van der Waals surface area contributed by atoms with Crippen molar-refractivity contribution >= 4 is 17.7 Å². The van der Waals surface area contributed by atoms with Crippen LogP contribution in [0.5, 0.6) is 0 Å². The smallest absolute Gasteiger partial charge is 0.313 e. The van der Waals surface area contributed by atoms with Gasteiger partial charge in [0.05, 0.1) is 18.0 Å². The van der Waals surface area contributed by atoms with E-state index in [1.165, 1.54) is 0 Å². The molecule has 0 spiro atoms. The molecule has 0 aliphatic carbocycles. The van der Waals surface area contributed by atoms with Crippen molar-refractivity contribution in [3.8, 4) is 0 Å². The average molecular weight is 293 g/mol. The normalized spacial score (nSPS) is 10.7. The first-order valence-corrected chi connectivity index (χ1v) is 7.14. The fourth-order valence-corrected chi connectivity index (χ4v) is 2.40. The van der Waals surface area contributed by atoms with Crippen molar-refractivity contribution in [3.05, 3.63) is 29.6 Å². The minimum absolute atomic E-state index is 0.0371. The molecule has 0 aliphatic heterocycles. The lowest BCUT2D eigenvalue weighted by Crippen LogP contribution is -2.09. The average Bonchev–Trinajstić information content (AvgIpc) is 2.78. The highest BCUT2D eigenvalue weighted by atomic mass is 32.2. The maximum atomic E-state index is 10.7. The van der Waals surface area contributed by atoms with Crippen LogP contribution in [-0.4, -0.2) is 41.6 Å². The molecule has 1 N–H and O–H groups in total. The molecule has 0 radical (unpaired) electrons. The number of aliphatic carboxylic acids is 1. The van der Waals surface area contributed by atoms with Gasteiger partial charge in [0, 0.05) is 12.6 Å². The summed E-state index contributed by atoms with van der Waals surface area (Å²) in [6.07, 6.45) is 2.43. The predicted octanol–water partition coefficient (Wildman–Crippen LogP) is 1.16. The molecule has 2 rings (SSSR count). The van der Waals surface area contributed by atoms with Crippen LogP contribution in [0.3, 0.4) is 0 Å². The van der Waals surface area contributed by atoms with Crippen molar-refractivity contribution in [1.82, 2.24) is 24.7 Å². The highest BCUT2D eigenvalue weighted by Gasteiger charge is 2.13. The molecule has 0 unspecified atom stereocenters. The summed E-state index contributed by atoms with van der Waals surface area (Å²) in [6, 6.07) is 1.83. The van der Waals surface area contributed by atoms with Crippen LogP contribution in [0.25, 0.3) is 0 Å². The Balaban J connectivity index is 2.24. The lowest BCUT2D eigenvalue weighted by atomic mass is 10.3. The van der Waals surface area contributed by atoms with Gasteiger partial charge in [0.1, 0.15) is 11.6 Å². The van der Waals surface area contributed by atoms with Crippen molar-refractivity contribution in [2.24, 2.45) is 0 Å². The van der Waals surface area contributed by atoms with Gasteiger partial charge in [0.2, 0.25) is 0 Å². The Hall–Kier alpha value is -1.96. The molecule has 0 fully saturated rings. The van der Waals surface area contributed by atoms with E-state index in [0.717, 1.165) is 29.7 Å². The first-order chi connectivity index (χ1) is 9.60. The van der Waals surface area contributed by atoms with Crippen molar-refractivity contribution in [1.29, 1.82) is 0 Å². The van der Waals surface area contributed by atoms with Crippen LogP contribution in [0.15, 0.2) is 17.4 Å². The second kappa shape index (κ2) is 6.47. The fourth-order valence-electron chi connectivity index (χ4n) is 1.73. The zero-order chi connectivity index (χ0) is 14.5. The van der Waals surface area contributed by atoms with Crippen LogP contribution >= 0.6 is 11.8 Å². The molecule has 20 heavy (non-hydrogen) atoms. The van der Waals surface area contributed by atoms with Crippen LogP contribution in [0, 0.1) is 6.92 Å². The lowest BCUT2D eigenvalue weighted by Gasteiger charge is -2.08. The van der Waals surface area contributed by atoms with E-state index in [-0.39, 0.29) is 5.75 Å². The summed E-state index contributed by atoms with van der Waals surface area (Å²) >= 11 is 1.16. The largest absolute Gasteiger partial charge is 0.481 e. The van der Waals surface area contributed by atoms with Gasteiger partial charge in [-0.3, -0.25) is 9.36 Å². The third-order valence-corrected chi connectivity index (χ3v) is 3.54. The Labute approximate surface area is 120 Å². The molecule has 0 aliphatic rings. The Morgan fingerprint density at radius 2 is 2.25 bits per heavy atom. The SMILES string of the molecule is CCc1nnc(SCC(=O)O)n1Cc1ccnc(C)n1. The minimum Gasteiger partial charge on any atom is -0.481 e. The number of aromatic nitrogens is 5. The first kappa shape index (κ1) is 14.4. The van der Waals surface area contributed by atoms with Crippen LogP contribution in [0.2, 0.25) is 0 Å². The van der Waals surface area contributed by atoms with E-state index in [2.05, 4.69) is 20.2 Å². The van der Waals surface area contributed by atoms with Crippen LogP contribution < -0.4 is 0 Å². The monoisotopic (exact) mass is 293 g/mol. The van der Waals surface area contributed by atoms with Gasteiger partial charge in [0.25, 0.3) is 0 Å². The van der Waals surface area contributed by atoms with Gasteiger partial charge in [-0.05, 0) is 13.0 Å². The molecule has 0 bridgehead atoms. The number of nitrogens with zero attached hydrogens (tertiary/aromatic N) is 5. The van der Waals surface area contributed by atoms with E-state index in [9.17, 15) is 4.79 Å². The molecule has 0 saturated heterocycles. The Morgan fingerprint density at radius 1 is 1.45 bits per heavy atom. The Morgan fingerprint density at radius 3 is 2.90 bits per heavy atom. The zero-order valence-electron chi connectivity index (χ0n) is 11.3. The molecular weight excluding hydrogens is 278 g/mol. The van der Waals surface area contributed by atoms with Crippen molar-refractivity contribution in [2.45, 2.75) is 32.0 Å². The first-order valence-electron chi connectivity index (χ1n) is 6.15. The van der Waals surface area contributed by atoms with E-state index >= 15 is 0 Å². The summed E-state index contributed by atoms with van der Waals surface area (Å²) in [7, 11) is 0. The summed E-state index contributed by atoms with van der Waals surface area (Å²) < 4.78 is 1.90. The maximum absolute atomic E-state index is 10.7. The van der Waals surface area contributed by atoms with Crippen LogP contribution in [-0.2, 0) is 17.8 Å². The van der Waals surface area contributed by atoms with Gasteiger partial charge in [0.15, 0.2) is 5.16 Å². The second-order valence-electron chi connectivity index (χ2n) is 4.12. The maximum Gasteiger partial charge on any atom is 0.313 e. The molecular formula is C12H15N5O2S. The molecule has 0 saturated carbocycles. The molecule has 0 amide bonds. The summed E-state index contributed by atoms with van der Waals surface area (Å²) in [5.41, 5.74) is 0.851. The molecule has 106 valence electrons. The van der Waals surface area contributed by atoms with Crippen molar-refractivity contribution in [2.75, 3.05) is 5.75 Å². The number of rotatable bonds is 6. The van der Waals surface area contributed by atoms with Gasteiger partial charge in [-0.15, -0.1) is 10.2 Å². The summed E-state index contributed by atoms with van der Waals surface area (Å²) in [5, 5.41) is 17.5. The van der Waals surface area contributed by atoms with Gasteiger partial charge in [-0.1, -0.05) is 18.7 Å². The standard InChI is InChI=1S/C12H15N5O2S/c1-3-10-15-16-12(20-7-11(18)19)17(10)6-9-4-5-13-8(2)14-9/h4-5H,3,6-7H2,1-2H3,(H,18,19). The molecule has 2 heterocycles. The number of hydrogen-bond acceptors (Lipinski definition) is 6. The number of hydrogen-bond donors (Lipinski definition) is 1. The van der Waals surface area contributed by atoms with Crippen LogP contribution in [0.1, 0.15) is 24.3 Å². The second-order valence-corrected chi connectivity index (χ2v) is 5.06. The minimum atomic E-state index is -0.875. The van der Waals surface area contributed by atoms with Crippen molar-refractivity contribution in [3.63, 3.8) is 0 Å². The van der Waals surface area contributed by atoms with Gasteiger partial charge in [-0.2, -0.15) is 0 Å². The Kier molecular flexibility index (Phi) is 4.67. The summed E-state index contributed by atoms with van der Waals surface area (Å²) in [5.74, 6) is 0.605. The summed E-state index contributed by atoms with van der Waals surface area (Å²) in [4.78, 5) is 19.1. The topological polar surface area (TPSA) is 93.8 Å². The van der Waals surface area contributed by atoms with E-state index in [1.54, 1.807) is 6.20 Å². The Bertz CT molecular complexity index is 614. The predicted molar refractivity (Wildman–Crippen MR) is 73.6 cm³/mol. The molecule has 7 nitrogen and oxygen atoms in total. The lowest BCUT2D eigenvalue weighted by molar-refractivity contribution is -0.133. The van der Waals surface area contributed by atoms with Crippen molar-refractivity contribution < 1.29 is 9.90 Å². The quantitative estimate of drug-likeness (QED) is 0.799. The van der Waals surface area contributed by atoms with E-state index in [4.69, 9.17) is 5.11 Å². The number of carboxylic acid groups (broad SMARTS) is 1. The third kappa shape index (κ3) is 3.53. The van der Waals surface area contributed by atoms with Crippen LogP contribution in [0.4, 0.5) is 0 Å². The highest BCUT2D eigenvalue weighted by Crippen LogP contribution is 2.18. The molecule has 2 aromatic rings. The molecule has 0 atom stereocenters. The number of thioether (sulfide) groups is 1.